The average molecular weight is 251 g/mol. The summed E-state index contributed by atoms with van der Waals surface area (Å²) in [5, 5.41) is 2.73. The van der Waals surface area contributed by atoms with E-state index in [1.807, 2.05) is 0 Å². The number of hydrogen-bond acceptors (Lipinski definition) is 3. The van der Waals surface area contributed by atoms with E-state index in [4.69, 9.17) is 4.74 Å². The van der Waals surface area contributed by atoms with Gasteiger partial charge in [0.15, 0.2) is 5.54 Å². The fourth-order valence-electron chi connectivity index (χ4n) is 1.20. The molecule has 0 saturated heterocycles. The maximum Gasteiger partial charge on any atom is 0.338 e. The molecule has 0 radical (unpaired) electrons. The van der Waals surface area contributed by atoms with Gasteiger partial charge in [-0.05, 0) is 45.0 Å². The van der Waals surface area contributed by atoms with Crippen molar-refractivity contribution in [3.63, 3.8) is 0 Å². The SMILES string of the molecule is CCOC(=O)c1ccc(NC(=O)C(C)(C)[NH3+])cc1. The van der Waals surface area contributed by atoms with Gasteiger partial charge in [-0.2, -0.15) is 0 Å². The Morgan fingerprint density at radius 1 is 1.28 bits per heavy atom. The Bertz CT molecular complexity index is 433. The van der Waals surface area contributed by atoms with Crippen LogP contribution in [0, 0.1) is 0 Å². The van der Waals surface area contributed by atoms with Gasteiger partial charge >= 0.3 is 5.97 Å². The first-order valence-electron chi connectivity index (χ1n) is 5.78. The molecule has 98 valence electrons. The zero-order valence-corrected chi connectivity index (χ0v) is 10.9. The van der Waals surface area contributed by atoms with Crippen molar-refractivity contribution in [2.45, 2.75) is 26.3 Å². The van der Waals surface area contributed by atoms with Crippen molar-refractivity contribution in [3.05, 3.63) is 29.8 Å². The van der Waals surface area contributed by atoms with Crippen LogP contribution in [-0.2, 0) is 9.53 Å². The molecule has 4 N–H and O–H groups in total. The van der Waals surface area contributed by atoms with Gasteiger partial charge in [-0.1, -0.05) is 0 Å². The number of quaternary nitrogens is 1. The topological polar surface area (TPSA) is 83.0 Å². The highest BCUT2D eigenvalue weighted by molar-refractivity contribution is 5.97. The van der Waals surface area contributed by atoms with E-state index in [1.165, 1.54) is 0 Å². The number of nitrogens with one attached hydrogen (secondary N) is 1. The van der Waals surface area contributed by atoms with Crippen LogP contribution in [0.4, 0.5) is 5.69 Å². The van der Waals surface area contributed by atoms with Crippen LogP contribution < -0.4 is 11.1 Å². The van der Waals surface area contributed by atoms with Crippen LogP contribution >= 0.6 is 0 Å². The number of hydrogen-bond donors (Lipinski definition) is 2. The smallest absolute Gasteiger partial charge is 0.338 e. The van der Waals surface area contributed by atoms with E-state index in [2.05, 4.69) is 11.1 Å². The molecule has 1 amide bonds. The van der Waals surface area contributed by atoms with E-state index in [1.54, 1.807) is 45.0 Å². The zero-order chi connectivity index (χ0) is 13.8. The second kappa shape index (κ2) is 5.64. The number of amides is 1. The highest BCUT2D eigenvalue weighted by atomic mass is 16.5. The van der Waals surface area contributed by atoms with Gasteiger partial charge in [0, 0.05) is 5.69 Å². The van der Waals surface area contributed by atoms with Crippen LogP contribution in [0.15, 0.2) is 24.3 Å². The first-order chi connectivity index (χ1) is 8.34. The van der Waals surface area contributed by atoms with Gasteiger partial charge in [0.1, 0.15) is 0 Å². The van der Waals surface area contributed by atoms with Gasteiger partial charge in [0.2, 0.25) is 0 Å². The van der Waals surface area contributed by atoms with Crippen LogP contribution in [0.5, 0.6) is 0 Å². The minimum absolute atomic E-state index is 0.175. The molecule has 0 aliphatic heterocycles. The molecule has 0 unspecified atom stereocenters. The molecule has 18 heavy (non-hydrogen) atoms. The normalized spacial score (nSPS) is 10.9. The van der Waals surface area contributed by atoms with E-state index in [0.29, 0.717) is 17.9 Å². The molecular weight excluding hydrogens is 232 g/mol. The molecule has 0 aliphatic carbocycles. The summed E-state index contributed by atoms with van der Waals surface area (Å²) >= 11 is 0. The Morgan fingerprint density at radius 2 is 1.83 bits per heavy atom. The number of anilines is 1. The fraction of sp³-hybridized carbons (Fsp3) is 0.385. The molecule has 0 aliphatic rings. The molecule has 0 heterocycles. The largest absolute Gasteiger partial charge is 0.462 e. The van der Waals surface area contributed by atoms with Crippen molar-refractivity contribution in [2.24, 2.45) is 0 Å². The van der Waals surface area contributed by atoms with E-state index >= 15 is 0 Å². The number of rotatable bonds is 4. The second-order valence-corrected chi connectivity index (χ2v) is 4.64. The summed E-state index contributed by atoms with van der Waals surface area (Å²) in [5.41, 5.74) is 4.15. The third-order valence-electron chi connectivity index (χ3n) is 2.27. The molecule has 1 aromatic rings. The second-order valence-electron chi connectivity index (χ2n) is 4.64. The lowest BCUT2D eigenvalue weighted by atomic mass is 10.1. The predicted molar refractivity (Wildman–Crippen MR) is 68.0 cm³/mol. The molecule has 0 aromatic heterocycles. The third kappa shape index (κ3) is 3.85. The van der Waals surface area contributed by atoms with Gasteiger partial charge in [-0.15, -0.1) is 0 Å². The van der Waals surface area contributed by atoms with Crippen molar-refractivity contribution < 1.29 is 20.1 Å². The van der Waals surface area contributed by atoms with E-state index < -0.39 is 5.54 Å². The van der Waals surface area contributed by atoms with Crippen molar-refractivity contribution in [1.29, 1.82) is 0 Å². The van der Waals surface area contributed by atoms with Crippen molar-refractivity contribution in [1.82, 2.24) is 0 Å². The van der Waals surface area contributed by atoms with Crippen LogP contribution in [0.3, 0.4) is 0 Å². The summed E-state index contributed by atoms with van der Waals surface area (Å²) < 4.78 is 4.87. The number of ether oxygens (including phenoxy) is 1. The Morgan fingerprint density at radius 3 is 2.28 bits per heavy atom. The first kappa shape index (κ1) is 14.2. The predicted octanol–water partition coefficient (Wildman–Crippen LogP) is 0.822. The lowest BCUT2D eigenvalue weighted by Gasteiger charge is -2.14. The molecule has 0 atom stereocenters. The molecule has 0 fully saturated rings. The lowest BCUT2D eigenvalue weighted by Crippen LogP contribution is -2.74. The highest BCUT2D eigenvalue weighted by Gasteiger charge is 2.26. The summed E-state index contributed by atoms with van der Waals surface area (Å²) in [4.78, 5) is 23.1. The number of carbonyl (C=O) groups is 2. The Labute approximate surface area is 106 Å². The van der Waals surface area contributed by atoms with Crippen LogP contribution in [0.1, 0.15) is 31.1 Å². The molecule has 0 bridgehead atoms. The Hall–Kier alpha value is -1.88. The zero-order valence-electron chi connectivity index (χ0n) is 10.9. The number of benzene rings is 1. The van der Waals surface area contributed by atoms with Crippen molar-refractivity contribution >= 4 is 17.6 Å². The minimum atomic E-state index is -0.695. The molecule has 0 saturated carbocycles. The first-order valence-corrected chi connectivity index (χ1v) is 5.78. The Kier molecular flexibility index (Phi) is 4.44. The summed E-state index contributed by atoms with van der Waals surface area (Å²) in [6, 6.07) is 6.55. The van der Waals surface area contributed by atoms with Crippen LogP contribution in [0.2, 0.25) is 0 Å². The van der Waals surface area contributed by atoms with Crippen LogP contribution in [0.25, 0.3) is 0 Å². The van der Waals surface area contributed by atoms with E-state index in [0.717, 1.165) is 0 Å². The summed E-state index contributed by atoms with van der Waals surface area (Å²) in [5.74, 6) is -0.542. The fourth-order valence-corrected chi connectivity index (χ4v) is 1.20. The van der Waals surface area contributed by atoms with E-state index in [9.17, 15) is 9.59 Å². The monoisotopic (exact) mass is 251 g/mol. The Balaban J connectivity index is 2.72. The summed E-state index contributed by atoms with van der Waals surface area (Å²) in [6.07, 6.45) is 0. The number of esters is 1. The van der Waals surface area contributed by atoms with Gasteiger partial charge < -0.3 is 15.8 Å². The molecule has 0 spiro atoms. The highest BCUT2D eigenvalue weighted by Crippen LogP contribution is 2.12. The van der Waals surface area contributed by atoms with Gasteiger partial charge in [0.05, 0.1) is 12.2 Å². The van der Waals surface area contributed by atoms with Gasteiger partial charge in [-0.25, -0.2) is 4.79 Å². The molecule has 5 nitrogen and oxygen atoms in total. The summed E-state index contributed by atoms with van der Waals surface area (Å²) in [6.45, 7) is 5.56. The minimum Gasteiger partial charge on any atom is -0.462 e. The summed E-state index contributed by atoms with van der Waals surface area (Å²) in [7, 11) is 0. The van der Waals surface area contributed by atoms with Crippen molar-refractivity contribution in [3.8, 4) is 0 Å². The maximum atomic E-state index is 11.7. The average Bonchev–Trinajstić information content (AvgIpc) is 2.29. The standard InChI is InChI=1S/C13H18N2O3/c1-4-18-11(16)9-5-7-10(8-6-9)15-12(17)13(2,3)14/h5-8H,4,14H2,1-3H3,(H,15,17)/p+1. The van der Waals surface area contributed by atoms with E-state index in [-0.39, 0.29) is 11.9 Å². The molecule has 1 rings (SSSR count). The lowest BCUT2D eigenvalue weighted by molar-refractivity contribution is -0.444. The van der Waals surface area contributed by atoms with Crippen molar-refractivity contribution in [2.75, 3.05) is 11.9 Å². The van der Waals surface area contributed by atoms with Gasteiger partial charge in [0.25, 0.3) is 5.91 Å². The molecular formula is C13H19N2O3+. The van der Waals surface area contributed by atoms with Crippen LogP contribution in [-0.4, -0.2) is 24.0 Å². The molecule has 1 aromatic carbocycles. The van der Waals surface area contributed by atoms with Gasteiger partial charge in [-0.3, -0.25) is 4.79 Å². The molecule has 5 heteroatoms. The number of carbonyl (C=O) groups excluding carboxylic acids is 2. The maximum absolute atomic E-state index is 11.7. The third-order valence-corrected chi connectivity index (χ3v) is 2.27. The quantitative estimate of drug-likeness (QED) is 0.777.